The molecule has 0 unspecified atom stereocenters. The van der Waals surface area contributed by atoms with Crippen LogP contribution in [0.5, 0.6) is 0 Å². The second kappa shape index (κ2) is 5.49. The van der Waals surface area contributed by atoms with Gasteiger partial charge >= 0.3 is 0 Å². The first-order valence-electron chi connectivity index (χ1n) is 6.42. The molecule has 1 amide bonds. The molecule has 0 saturated carbocycles. The minimum atomic E-state index is -0.187. The molecule has 3 aromatic rings. The topological polar surface area (TPSA) is 66.1 Å². The van der Waals surface area contributed by atoms with Crippen LogP contribution in [0.4, 0.5) is 0 Å². The maximum Gasteiger partial charge on any atom is 0.264 e. The van der Waals surface area contributed by atoms with Gasteiger partial charge in [-0.15, -0.1) is 11.3 Å². The molecular formula is C15H13N3O2S. The van der Waals surface area contributed by atoms with E-state index in [-0.39, 0.29) is 18.0 Å². The Bertz CT molecular complexity index is 840. The number of hydrogen-bond donors (Lipinski definition) is 1. The van der Waals surface area contributed by atoms with E-state index < -0.39 is 0 Å². The molecule has 21 heavy (non-hydrogen) atoms. The Kier molecular flexibility index (Phi) is 3.53. The zero-order valence-corrected chi connectivity index (χ0v) is 12.2. The van der Waals surface area contributed by atoms with Crippen molar-refractivity contribution in [3.05, 3.63) is 62.8 Å². The largest absolute Gasteiger partial charge is 0.334 e. The minimum absolute atomic E-state index is 0.0826. The van der Waals surface area contributed by atoms with Crippen molar-refractivity contribution < 1.29 is 4.79 Å². The number of H-pyrrole nitrogens is 1. The van der Waals surface area contributed by atoms with Crippen LogP contribution >= 0.6 is 11.3 Å². The molecule has 0 aliphatic heterocycles. The molecule has 0 bridgehead atoms. The molecule has 0 spiro atoms. The van der Waals surface area contributed by atoms with Gasteiger partial charge in [-0.1, -0.05) is 18.2 Å². The average molecular weight is 299 g/mol. The zero-order valence-electron chi connectivity index (χ0n) is 11.4. The first-order valence-corrected chi connectivity index (χ1v) is 7.30. The number of amides is 1. The van der Waals surface area contributed by atoms with Gasteiger partial charge in [0.1, 0.15) is 5.82 Å². The number of fused-ring (bicyclic) bond motifs is 1. The Labute approximate surface area is 124 Å². The van der Waals surface area contributed by atoms with Crippen LogP contribution in [-0.2, 0) is 6.54 Å². The summed E-state index contributed by atoms with van der Waals surface area (Å²) >= 11 is 1.39. The third-order valence-corrected chi connectivity index (χ3v) is 3.99. The maximum absolute atomic E-state index is 12.2. The summed E-state index contributed by atoms with van der Waals surface area (Å²) in [5.74, 6) is 0.395. The van der Waals surface area contributed by atoms with Crippen molar-refractivity contribution in [2.45, 2.75) is 6.54 Å². The van der Waals surface area contributed by atoms with Gasteiger partial charge in [0.05, 0.1) is 22.3 Å². The number of aromatic amines is 1. The highest BCUT2D eigenvalue weighted by atomic mass is 32.1. The summed E-state index contributed by atoms with van der Waals surface area (Å²) in [7, 11) is 1.69. The third-order valence-electron chi connectivity index (χ3n) is 3.13. The number of para-hydroxylation sites is 1. The monoisotopic (exact) mass is 299 g/mol. The molecule has 5 nitrogen and oxygen atoms in total. The smallest absolute Gasteiger partial charge is 0.264 e. The van der Waals surface area contributed by atoms with Crippen LogP contribution in [0.3, 0.4) is 0 Å². The van der Waals surface area contributed by atoms with Crippen molar-refractivity contribution in [2.24, 2.45) is 0 Å². The summed E-state index contributed by atoms with van der Waals surface area (Å²) in [5, 5.41) is 2.41. The molecule has 0 aliphatic rings. The number of carbonyl (C=O) groups excluding carboxylic acids is 1. The van der Waals surface area contributed by atoms with Crippen LogP contribution in [0.25, 0.3) is 10.9 Å². The quantitative estimate of drug-likeness (QED) is 0.806. The van der Waals surface area contributed by atoms with Gasteiger partial charge in [0.25, 0.3) is 11.5 Å². The SMILES string of the molecule is CN(Cc1nc2ccccc2c(=O)[nH]1)C(=O)c1cccs1. The van der Waals surface area contributed by atoms with E-state index in [1.54, 1.807) is 36.2 Å². The molecule has 106 valence electrons. The van der Waals surface area contributed by atoms with Crippen LogP contribution in [0.2, 0.25) is 0 Å². The fraction of sp³-hybridized carbons (Fsp3) is 0.133. The number of thiophene rings is 1. The molecule has 6 heteroatoms. The number of carbonyl (C=O) groups is 1. The minimum Gasteiger partial charge on any atom is -0.334 e. The van der Waals surface area contributed by atoms with Gasteiger partial charge in [0.15, 0.2) is 0 Å². The van der Waals surface area contributed by atoms with Crippen LogP contribution < -0.4 is 5.56 Å². The molecule has 2 aromatic heterocycles. The Morgan fingerprint density at radius 1 is 1.29 bits per heavy atom. The summed E-state index contributed by atoms with van der Waals surface area (Å²) in [4.78, 5) is 33.5. The van der Waals surface area contributed by atoms with Crippen LogP contribution in [0, 0.1) is 0 Å². The third kappa shape index (κ3) is 2.71. The van der Waals surface area contributed by atoms with Gasteiger partial charge in [-0.3, -0.25) is 9.59 Å². The number of rotatable bonds is 3. The molecule has 0 saturated heterocycles. The standard InChI is InChI=1S/C15H13N3O2S/c1-18(15(20)12-7-4-8-21-12)9-13-16-11-6-3-2-5-10(11)14(19)17-13/h2-8H,9H2,1H3,(H,16,17,19). The number of benzene rings is 1. The normalized spacial score (nSPS) is 10.7. The molecule has 0 aliphatic carbocycles. The Balaban J connectivity index is 1.88. The van der Waals surface area contributed by atoms with Crippen LogP contribution in [-0.4, -0.2) is 27.8 Å². The predicted molar refractivity (Wildman–Crippen MR) is 82.5 cm³/mol. The second-order valence-electron chi connectivity index (χ2n) is 4.67. The van der Waals surface area contributed by atoms with Crippen molar-refractivity contribution in [1.82, 2.24) is 14.9 Å². The summed E-state index contributed by atoms with van der Waals surface area (Å²) < 4.78 is 0. The lowest BCUT2D eigenvalue weighted by molar-refractivity contribution is 0.0786. The fourth-order valence-corrected chi connectivity index (χ4v) is 2.81. The van der Waals surface area contributed by atoms with Crippen molar-refractivity contribution >= 4 is 28.1 Å². The van der Waals surface area contributed by atoms with E-state index in [1.807, 2.05) is 17.5 Å². The Morgan fingerprint density at radius 3 is 2.86 bits per heavy atom. The van der Waals surface area contributed by atoms with Crippen molar-refractivity contribution in [1.29, 1.82) is 0 Å². The highest BCUT2D eigenvalue weighted by Crippen LogP contribution is 2.12. The number of hydrogen-bond acceptors (Lipinski definition) is 4. The molecule has 0 atom stereocenters. The number of nitrogens with zero attached hydrogens (tertiary/aromatic N) is 2. The highest BCUT2D eigenvalue weighted by molar-refractivity contribution is 7.12. The number of aromatic nitrogens is 2. The van der Waals surface area contributed by atoms with Crippen LogP contribution in [0.1, 0.15) is 15.5 Å². The van der Waals surface area contributed by atoms with Crippen molar-refractivity contribution in [3.8, 4) is 0 Å². The van der Waals surface area contributed by atoms with E-state index in [9.17, 15) is 9.59 Å². The molecule has 1 N–H and O–H groups in total. The molecule has 3 rings (SSSR count). The fourth-order valence-electron chi connectivity index (χ4n) is 2.09. The van der Waals surface area contributed by atoms with Gasteiger partial charge in [0, 0.05) is 7.05 Å². The van der Waals surface area contributed by atoms with E-state index in [2.05, 4.69) is 9.97 Å². The highest BCUT2D eigenvalue weighted by Gasteiger charge is 2.14. The lowest BCUT2D eigenvalue weighted by atomic mass is 10.2. The summed E-state index contributed by atoms with van der Waals surface area (Å²) in [6.45, 7) is 0.261. The first-order chi connectivity index (χ1) is 10.1. The molecule has 1 aromatic carbocycles. The van der Waals surface area contributed by atoms with Gasteiger partial charge in [0.2, 0.25) is 0 Å². The average Bonchev–Trinajstić information content (AvgIpc) is 3.00. The maximum atomic E-state index is 12.2. The molecule has 0 radical (unpaired) electrons. The summed E-state index contributed by atoms with van der Waals surface area (Å²) in [6, 6.07) is 10.8. The number of nitrogens with one attached hydrogen (secondary N) is 1. The predicted octanol–water partition coefficient (Wildman–Crippen LogP) is 2.26. The first kappa shape index (κ1) is 13.5. The van der Waals surface area contributed by atoms with Crippen molar-refractivity contribution in [2.75, 3.05) is 7.05 Å². The van der Waals surface area contributed by atoms with E-state index >= 15 is 0 Å². The van der Waals surface area contributed by atoms with E-state index in [0.29, 0.717) is 21.6 Å². The molecular weight excluding hydrogens is 286 g/mol. The van der Waals surface area contributed by atoms with E-state index in [1.165, 1.54) is 11.3 Å². The lowest BCUT2D eigenvalue weighted by Gasteiger charge is -2.15. The van der Waals surface area contributed by atoms with E-state index in [4.69, 9.17) is 0 Å². The Morgan fingerprint density at radius 2 is 2.10 bits per heavy atom. The van der Waals surface area contributed by atoms with Gasteiger partial charge in [-0.2, -0.15) is 0 Å². The van der Waals surface area contributed by atoms with E-state index in [0.717, 1.165) is 0 Å². The molecule has 0 fully saturated rings. The lowest BCUT2D eigenvalue weighted by Crippen LogP contribution is -2.27. The molecule has 2 heterocycles. The summed E-state index contributed by atoms with van der Waals surface area (Å²) in [5.41, 5.74) is 0.445. The second-order valence-corrected chi connectivity index (χ2v) is 5.62. The zero-order chi connectivity index (χ0) is 14.8. The van der Waals surface area contributed by atoms with Crippen LogP contribution in [0.15, 0.2) is 46.6 Å². The van der Waals surface area contributed by atoms with Crippen molar-refractivity contribution in [3.63, 3.8) is 0 Å². The van der Waals surface area contributed by atoms with Gasteiger partial charge in [-0.25, -0.2) is 4.98 Å². The Hall–Kier alpha value is -2.47. The van der Waals surface area contributed by atoms with Gasteiger partial charge < -0.3 is 9.88 Å². The summed E-state index contributed by atoms with van der Waals surface area (Å²) in [6.07, 6.45) is 0. The van der Waals surface area contributed by atoms with Gasteiger partial charge in [-0.05, 0) is 23.6 Å².